The Morgan fingerprint density at radius 2 is 2.15 bits per heavy atom. The second-order valence-corrected chi connectivity index (χ2v) is 3.59. The molecule has 0 saturated carbocycles. The maximum atomic E-state index is 11.5. The Morgan fingerprint density at radius 3 is 2.70 bits per heavy atom. The molecule has 0 saturated heterocycles. The number of nitro groups is 1. The van der Waals surface area contributed by atoms with E-state index in [-0.39, 0.29) is 17.5 Å². The number of nitro benzene ring substituents is 1. The first-order valence-electron chi connectivity index (χ1n) is 5.32. The van der Waals surface area contributed by atoms with E-state index < -0.39 is 10.8 Å². The van der Waals surface area contributed by atoms with Crippen LogP contribution < -0.4 is 11.2 Å². The summed E-state index contributed by atoms with van der Waals surface area (Å²) in [6.07, 6.45) is 1.33. The summed E-state index contributed by atoms with van der Waals surface area (Å²) >= 11 is 0. The lowest BCUT2D eigenvalue weighted by Gasteiger charge is -1.95. The molecule has 0 aliphatic rings. The van der Waals surface area contributed by atoms with Gasteiger partial charge in [0.15, 0.2) is 0 Å². The number of benzene rings is 1. The average Bonchev–Trinajstić information content (AvgIpc) is 2.86. The van der Waals surface area contributed by atoms with Gasteiger partial charge in [0.25, 0.3) is 5.69 Å². The molecule has 0 bridgehead atoms. The summed E-state index contributed by atoms with van der Waals surface area (Å²) in [5.41, 5.74) is 8.02. The number of nitrogens with zero attached hydrogens (tertiary/aromatic N) is 4. The average molecular weight is 275 g/mol. The lowest BCUT2D eigenvalue weighted by Crippen LogP contribution is -2.19. The molecule has 1 aromatic carbocycles. The standard InChI is InChI=1S/C10H9N7O3/c11-10-13-8(14-16-10)9(18)15-12-5-6-1-3-7(4-2-6)17(19)20/h1-5H,(H,15,18)(H3,11,13,14,16). The summed E-state index contributed by atoms with van der Waals surface area (Å²) in [6.45, 7) is 0. The fourth-order valence-corrected chi connectivity index (χ4v) is 1.28. The molecule has 1 amide bonds. The number of nitrogens with two attached hydrogens (primary N) is 1. The van der Waals surface area contributed by atoms with Crippen molar-refractivity contribution in [2.24, 2.45) is 5.10 Å². The zero-order chi connectivity index (χ0) is 14.5. The Morgan fingerprint density at radius 1 is 1.45 bits per heavy atom. The molecule has 2 rings (SSSR count). The quantitative estimate of drug-likeness (QED) is 0.407. The van der Waals surface area contributed by atoms with Gasteiger partial charge in [-0.05, 0) is 17.7 Å². The highest BCUT2D eigenvalue weighted by molar-refractivity contribution is 5.91. The van der Waals surface area contributed by atoms with E-state index in [4.69, 9.17) is 5.73 Å². The summed E-state index contributed by atoms with van der Waals surface area (Å²) in [7, 11) is 0. The molecule has 0 fully saturated rings. The molecule has 0 radical (unpaired) electrons. The number of carbonyl (C=O) groups excluding carboxylic acids is 1. The lowest BCUT2D eigenvalue weighted by molar-refractivity contribution is -0.384. The normalized spacial score (nSPS) is 10.6. The number of hydrogen-bond acceptors (Lipinski definition) is 7. The van der Waals surface area contributed by atoms with Crippen molar-refractivity contribution >= 4 is 23.8 Å². The van der Waals surface area contributed by atoms with Crippen LogP contribution in [0.15, 0.2) is 29.4 Å². The van der Waals surface area contributed by atoms with Gasteiger partial charge in [0, 0.05) is 12.1 Å². The number of nitrogens with one attached hydrogen (secondary N) is 2. The third-order valence-corrected chi connectivity index (χ3v) is 2.20. The van der Waals surface area contributed by atoms with Crippen molar-refractivity contribution in [3.63, 3.8) is 0 Å². The number of nitrogen functional groups attached to an aromatic ring is 1. The third kappa shape index (κ3) is 3.13. The first-order chi connectivity index (χ1) is 9.56. The highest BCUT2D eigenvalue weighted by atomic mass is 16.6. The van der Waals surface area contributed by atoms with Gasteiger partial charge in [0.05, 0.1) is 11.1 Å². The third-order valence-electron chi connectivity index (χ3n) is 2.20. The SMILES string of the molecule is Nc1n[nH]c(C(=O)NN=Cc2ccc([N+](=O)[O-])cc2)n1. The number of anilines is 1. The number of aromatic nitrogens is 3. The number of non-ortho nitro benzene ring substituents is 1. The fourth-order valence-electron chi connectivity index (χ4n) is 1.28. The highest BCUT2D eigenvalue weighted by Gasteiger charge is 2.09. The number of amides is 1. The second kappa shape index (κ2) is 5.56. The molecule has 0 aliphatic heterocycles. The van der Waals surface area contributed by atoms with Crippen LogP contribution in [-0.2, 0) is 0 Å². The molecule has 2 aromatic rings. The summed E-state index contributed by atoms with van der Waals surface area (Å²) < 4.78 is 0. The minimum atomic E-state index is -0.604. The monoisotopic (exact) mass is 275 g/mol. The van der Waals surface area contributed by atoms with Crippen LogP contribution in [0.5, 0.6) is 0 Å². The van der Waals surface area contributed by atoms with Crippen molar-refractivity contribution < 1.29 is 9.72 Å². The van der Waals surface area contributed by atoms with Crippen molar-refractivity contribution in [2.75, 3.05) is 5.73 Å². The van der Waals surface area contributed by atoms with E-state index in [0.29, 0.717) is 5.56 Å². The minimum Gasteiger partial charge on any atom is -0.366 e. The number of hydrogen-bond donors (Lipinski definition) is 3. The van der Waals surface area contributed by atoms with Crippen LogP contribution in [0.1, 0.15) is 16.2 Å². The molecular weight excluding hydrogens is 266 g/mol. The van der Waals surface area contributed by atoms with E-state index >= 15 is 0 Å². The van der Waals surface area contributed by atoms with E-state index in [9.17, 15) is 14.9 Å². The molecule has 4 N–H and O–H groups in total. The largest absolute Gasteiger partial charge is 0.366 e. The zero-order valence-corrected chi connectivity index (χ0v) is 9.98. The molecule has 20 heavy (non-hydrogen) atoms. The number of aromatic amines is 1. The van der Waals surface area contributed by atoms with Crippen molar-refractivity contribution in [2.45, 2.75) is 0 Å². The topological polar surface area (TPSA) is 152 Å². The maximum Gasteiger partial charge on any atom is 0.308 e. The first-order valence-corrected chi connectivity index (χ1v) is 5.32. The summed E-state index contributed by atoms with van der Waals surface area (Å²) in [4.78, 5) is 25.1. The van der Waals surface area contributed by atoms with Crippen molar-refractivity contribution in [3.8, 4) is 0 Å². The van der Waals surface area contributed by atoms with Crippen LogP contribution in [0.4, 0.5) is 11.6 Å². The van der Waals surface area contributed by atoms with E-state index in [1.807, 2.05) is 0 Å². The summed E-state index contributed by atoms with van der Waals surface area (Å²) in [5, 5.41) is 20.0. The lowest BCUT2D eigenvalue weighted by atomic mass is 10.2. The van der Waals surface area contributed by atoms with Crippen LogP contribution >= 0.6 is 0 Å². The fraction of sp³-hybridized carbons (Fsp3) is 0. The number of H-pyrrole nitrogens is 1. The Hall–Kier alpha value is -3.30. The van der Waals surface area contributed by atoms with Crippen molar-refractivity contribution in [1.82, 2.24) is 20.6 Å². The predicted octanol–water partition coefficient (Wildman–Crippen LogP) is 0.0590. The maximum absolute atomic E-state index is 11.5. The van der Waals surface area contributed by atoms with Gasteiger partial charge in [-0.15, -0.1) is 5.10 Å². The predicted molar refractivity (Wildman–Crippen MR) is 69.0 cm³/mol. The van der Waals surface area contributed by atoms with Gasteiger partial charge < -0.3 is 5.73 Å². The number of hydrazone groups is 1. The molecule has 0 spiro atoms. The van der Waals surface area contributed by atoms with Gasteiger partial charge in [-0.3, -0.25) is 20.0 Å². The molecule has 0 unspecified atom stereocenters. The number of rotatable bonds is 4. The molecule has 10 heteroatoms. The van der Waals surface area contributed by atoms with Gasteiger partial charge in [0.1, 0.15) is 0 Å². The summed E-state index contributed by atoms with van der Waals surface area (Å²) in [6, 6.07) is 5.67. The van der Waals surface area contributed by atoms with Gasteiger partial charge >= 0.3 is 5.91 Å². The molecule has 0 atom stereocenters. The van der Waals surface area contributed by atoms with Gasteiger partial charge in [-0.25, -0.2) is 5.43 Å². The molecular formula is C10H9N7O3. The Bertz CT molecular complexity index is 662. The van der Waals surface area contributed by atoms with E-state index in [1.54, 1.807) is 0 Å². The van der Waals surface area contributed by atoms with E-state index in [1.165, 1.54) is 30.5 Å². The second-order valence-electron chi connectivity index (χ2n) is 3.59. The zero-order valence-electron chi connectivity index (χ0n) is 9.98. The van der Waals surface area contributed by atoms with Crippen LogP contribution in [0.3, 0.4) is 0 Å². The van der Waals surface area contributed by atoms with Crippen LogP contribution in [-0.4, -0.2) is 32.2 Å². The highest BCUT2D eigenvalue weighted by Crippen LogP contribution is 2.10. The molecule has 0 aliphatic carbocycles. The van der Waals surface area contributed by atoms with Crippen LogP contribution in [0, 0.1) is 10.1 Å². The van der Waals surface area contributed by atoms with Gasteiger partial charge in [-0.2, -0.15) is 10.1 Å². The Labute approximate surface area is 111 Å². The van der Waals surface area contributed by atoms with Crippen molar-refractivity contribution in [3.05, 3.63) is 45.8 Å². The van der Waals surface area contributed by atoms with E-state index in [2.05, 4.69) is 25.7 Å². The Balaban J connectivity index is 1.96. The molecule has 102 valence electrons. The van der Waals surface area contributed by atoms with E-state index in [0.717, 1.165) is 0 Å². The summed E-state index contributed by atoms with van der Waals surface area (Å²) in [5.74, 6) is -0.717. The molecule has 10 nitrogen and oxygen atoms in total. The van der Waals surface area contributed by atoms with Crippen LogP contribution in [0.25, 0.3) is 0 Å². The molecule has 1 heterocycles. The van der Waals surface area contributed by atoms with Crippen molar-refractivity contribution in [1.29, 1.82) is 0 Å². The van der Waals surface area contributed by atoms with Gasteiger partial charge in [0.2, 0.25) is 11.8 Å². The van der Waals surface area contributed by atoms with Gasteiger partial charge in [-0.1, -0.05) is 0 Å². The first kappa shape index (κ1) is 13.1. The van der Waals surface area contributed by atoms with Crippen LogP contribution in [0.2, 0.25) is 0 Å². The smallest absolute Gasteiger partial charge is 0.308 e. The Kier molecular flexibility index (Phi) is 3.65. The molecule has 1 aromatic heterocycles. The minimum absolute atomic E-state index is 0.0247. The number of carbonyl (C=O) groups is 1.